The maximum Gasteiger partial charge on any atom is 0.252 e. The van der Waals surface area contributed by atoms with E-state index < -0.39 is 6.04 Å². The highest BCUT2D eigenvalue weighted by Crippen LogP contribution is 2.10. The second-order valence-corrected chi connectivity index (χ2v) is 4.27. The van der Waals surface area contributed by atoms with Crippen LogP contribution in [0.3, 0.4) is 0 Å². The van der Waals surface area contributed by atoms with Crippen molar-refractivity contribution < 1.29 is 14.6 Å². The molecule has 0 aliphatic carbocycles. The van der Waals surface area contributed by atoms with Crippen molar-refractivity contribution in [1.29, 1.82) is 5.26 Å². The summed E-state index contributed by atoms with van der Waals surface area (Å²) in [5.41, 5.74) is 0.481. The van der Waals surface area contributed by atoms with Gasteiger partial charge in [-0.3, -0.25) is 4.79 Å². The van der Waals surface area contributed by atoms with Gasteiger partial charge >= 0.3 is 0 Å². The Hall–Kier alpha value is -1.42. The first kappa shape index (κ1) is 14.6. The van der Waals surface area contributed by atoms with Gasteiger partial charge in [0.1, 0.15) is 12.6 Å². The van der Waals surface area contributed by atoms with Crippen LogP contribution in [0.5, 0.6) is 0 Å². The molecule has 1 rings (SSSR count). The summed E-state index contributed by atoms with van der Waals surface area (Å²) in [7, 11) is 0. The van der Waals surface area contributed by atoms with Crippen LogP contribution in [0.25, 0.3) is 0 Å². The van der Waals surface area contributed by atoms with Crippen LogP contribution >= 0.6 is 15.9 Å². The van der Waals surface area contributed by atoms with Gasteiger partial charge in [-0.25, -0.2) is 9.78 Å². The minimum Gasteiger partial charge on any atom is -0.334 e. The van der Waals surface area contributed by atoms with Gasteiger partial charge in [0.2, 0.25) is 0 Å². The molecule has 0 aliphatic rings. The monoisotopic (exact) mass is 312 g/mol. The molecule has 0 aliphatic heterocycles. The zero-order valence-electron chi connectivity index (χ0n) is 9.85. The number of carbonyl (C=O) groups is 1. The lowest BCUT2D eigenvalue weighted by Gasteiger charge is -2.11. The highest BCUT2D eigenvalue weighted by Gasteiger charge is 2.13. The summed E-state index contributed by atoms with van der Waals surface area (Å²) >= 11 is 3.28. The lowest BCUT2D eigenvalue weighted by molar-refractivity contribution is -0.292. The van der Waals surface area contributed by atoms with Crippen molar-refractivity contribution >= 4 is 21.8 Å². The fourth-order valence-corrected chi connectivity index (χ4v) is 1.42. The van der Waals surface area contributed by atoms with Gasteiger partial charge < -0.3 is 5.32 Å². The number of benzene rings is 1. The average Bonchev–Trinajstić information content (AvgIpc) is 2.38. The Morgan fingerprint density at radius 1 is 1.44 bits per heavy atom. The zero-order chi connectivity index (χ0) is 13.4. The first-order valence-corrected chi connectivity index (χ1v) is 6.17. The molecule has 0 bridgehead atoms. The predicted molar refractivity (Wildman–Crippen MR) is 68.6 cm³/mol. The normalized spacial score (nSPS) is 11.6. The minimum atomic E-state index is -0.743. The van der Waals surface area contributed by atoms with Crippen LogP contribution in [-0.4, -0.2) is 25.2 Å². The lowest BCUT2D eigenvalue weighted by atomic mass is 10.2. The molecular formula is C12H13BrN2O3. The quantitative estimate of drug-likeness (QED) is 0.495. The Kier molecular flexibility index (Phi) is 6.36. The van der Waals surface area contributed by atoms with Gasteiger partial charge in [0, 0.05) is 10.0 Å². The Balaban J connectivity index is 2.52. The van der Waals surface area contributed by atoms with E-state index in [0.717, 1.165) is 4.47 Å². The van der Waals surface area contributed by atoms with E-state index in [9.17, 15) is 4.79 Å². The number of amides is 1. The van der Waals surface area contributed by atoms with Crippen LogP contribution in [0.2, 0.25) is 0 Å². The fourth-order valence-electron chi connectivity index (χ4n) is 1.15. The molecule has 1 N–H and O–H groups in total. The Morgan fingerprint density at radius 2 is 2.11 bits per heavy atom. The second-order valence-electron chi connectivity index (χ2n) is 3.35. The predicted octanol–water partition coefficient (Wildman–Crippen LogP) is 2.04. The minimum absolute atomic E-state index is 0.00733. The van der Waals surface area contributed by atoms with Gasteiger partial charge in [0.25, 0.3) is 5.91 Å². The maximum atomic E-state index is 11.8. The van der Waals surface area contributed by atoms with E-state index in [2.05, 4.69) is 26.1 Å². The number of nitriles is 1. The van der Waals surface area contributed by atoms with Crippen LogP contribution in [0.15, 0.2) is 28.7 Å². The number of nitrogens with one attached hydrogen (secondary N) is 1. The van der Waals surface area contributed by atoms with Crippen molar-refractivity contribution in [3.05, 3.63) is 34.3 Å². The van der Waals surface area contributed by atoms with Crippen LogP contribution in [0.1, 0.15) is 17.3 Å². The first-order chi connectivity index (χ1) is 8.67. The van der Waals surface area contributed by atoms with E-state index in [-0.39, 0.29) is 12.5 Å². The highest BCUT2D eigenvalue weighted by atomic mass is 79.9. The third-order valence-electron chi connectivity index (χ3n) is 2.00. The molecule has 1 aromatic carbocycles. The zero-order valence-corrected chi connectivity index (χ0v) is 11.4. The van der Waals surface area contributed by atoms with Crippen LogP contribution < -0.4 is 5.32 Å². The summed E-state index contributed by atoms with van der Waals surface area (Å²) in [4.78, 5) is 21.2. The number of carbonyl (C=O) groups excluding carboxylic acids is 1. The van der Waals surface area contributed by atoms with Crippen molar-refractivity contribution in [1.82, 2.24) is 5.32 Å². The van der Waals surface area contributed by atoms with E-state index >= 15 is 0 Å². The molecule has 0 heterocycles. The summed E-state index contributed by atoms with van der Waals surface area (Å²) in [5.74, 6) is -0.325. The molecule has 96 valence electrons. The third-order valence-corrected chi connectivity index (χ3v) is 2.53. The van der Waals surface area contributed by atoms with Crippen LogP contribution in [-0.2, 0) is 9.78 Å². The Bertz CT molecular complexity index is 428. The Labute approximate surface area is 114 Å². The maximum absolute atomic E-state index is 11.8. The van der Waals surface area contributed by atoms with Crippen molar-refractivity contribution in [3.63, 3.8) is 0 Å². The lowest BCUT2D eigenvalue weighted by Crippen LogP contribution is -2.37. The number of halogens is 1. The number of hydrogen-bond acceptors (Lipinski definition) is 4. The van der Waals surface area contributed by atoms with Crippen LogP contribution in [0.4, 0.5) is 0 Å². The van der Waals surface area contributed by atoms with Gasteiger partial charge in [0.15, 0.2) is 0 Å². The van der Waals surface area contributed by atoms with Crippen molar-refractivity contribution in [2.45, 2.75) is 13.0 Å². The van der Waals surface area contributed by atoms with E-state index in [0.29, 0.717) is 12.2 Å². The SMILES string of the molecule is CCOOCC(C#N)NC(=O)c1ccc(Br)cc1. The molecule has 1 unspecified atom stereocenters. The van der Waals surface area contributed by atoms with Crippen molar-refractivity contribution in [2.24, 2.45) is 0 Å². The summed E-state index contributed by atoms with van der Waals surface area (Å²) in [6, 6.07) is 8.03. The van der Waals surface area contributed by atoms with E-state index in [1.807, 2.05) is 6.07 Å². The van der Waals surface area contributed by atoms with Gasteiger partial charge in [-0.15, -0.1) is 0 Å². The molecule has 0 radical (unpaired) electrons. The molecule has 5 nitrogen and oxygen atoms in total. The molecule has 0 fully saturated rings. The molecule has 0 aromatic heterocycles. The highest BCUT2D eigenvalue weighted by molar-refractivity contribution is 9.10. The molecule has 1 aromatic rings. The fraction of sp³-hybridized carbons (Fsp3) is 0.333. The number of hydrogen-bond donors (Lipinski definition) is 1. The van der Waals surface area contributed by atoms with Gasteiger partial charge in [-0.1, -0.05) is 15.9 Å². The van der Waals surface area contributed by atoms with Gasteiger partial charge in [-0.2, -0.15) is 5.26 Å². The molecular weight excluding hydrogens is 300 g/mol. The summed E-state index contributed by atoms with van der Waals surface area (Å²) in [5, 5.41) is 11.4. The second kappa shape index (κ2) is 7.82. The Morgan fingerprint density at radius 3 is 2.67 bits per heavy atom. The van der Waals surface area contributed by atoms with Gasteiger partial charge in [0.05, 0.1) is 12.7 Å². The molecule has 0 saturated heterocycles. The van der Waals surface area contributed by atoms with Crippen molar-refractivity contribution in [3.8, 4) is 6.07 Å². The molecule has 0 spiro atoms. The smallest absolute Gasteiger partial charge is 0.252 e. The summed E-state index contributed by atoms with van der Waals surface area (Å²) in [6.07, 6.45) is 0. The van der Waals surface area contributed by atoms with Crippen LogP contribution in [0, 0.1) is 11.3 Å². The van der Waals surface area contributed by atoms with E-state index in [4.69, 9.17) is 10.1 Å². The van der Waals surface area contributed by atoms with E-state index in [1.54, 1.807) is 31.2 Å². The topological polar surface area (TPSA) is 71.3 Å². The standard InChI is InChI=1S/C12H13BrN2O3/c1-2-17-18-8-11(7-14)15-12(16)9-3-5-10(13)6-4-9/h3-6,11H,2,8H2,1H3,(H,15,16). The van der Waals surface area contributed by atoms with E-state index in [1.165, 1.54) is 0 Å². The number of rotatable bonds is 6. The molecule has 6 heteroatoms. The molecule has 1 atom stereocenters. The van der Waals surface area contributed by atoms with Gasteiger partial charge in [-0.05, 0) is 31.2 Å². The average molecular weight is 313 g/mol. The molecule has 18 heavy (non-hydrogen) atoms. The third kappa shape index (κ3) is 4.84. The molecule has 0 saturated carbocycles. The first-order valence-electron chi connectivity index (χ1n) is 5.37. The summed E-state index contributed by atoms with van der Waals surface area (Å²) < 4.78 is 0.885. The number of nitrogens with zero attached hydrogens (tertiary/aromatic N) is 1. The molecule has 1 amide bonds. The largest absolute Gasteiger partial charge is 0.334 e. The summed E-state index contributed by atoms with van der Waals surface area (Å²) in [6.45, 7) is 2.15. The van der Waals surface area contributed by atoms with Crippen molar-refractivity contribution in [2.75, 3.05) is 13.2 Å².